The molecule has 0 aliphatic heterocycles. The highest BCUT2D eigenvalue weighted by Crippen LogP contribution is 2.12. The van der Waals surface area contributed by atoms with E-state index in [1.165, 1.54) is 42.2 Å². The highest BCUT2D eigenvalue weighted by molar-refractivity contribution is 5.71. The summed E-state index contributed by atoms with van der Waals surface area (Å²) in [6.45, 7) is 7.86. The van der Waals surface area contributed by atoms with Gasteiger partial charge in [0, 0.05) is 12.4 Å². The molecule has 0 saturated heterocycles. The summed E-state index contributed by atoms with van der Waals surface area (Å²) in [5.74, 6) is 0. The van der Waals surface area contributed by atoms with E-state index in [1.807, 2.05) is 33.0 Å². The van der Waals surface area contributed by atoms with Crippen molar-refractivity contribution in [2.75, 3.05) is 0 Å². The molecule has 0 bridgehead atoms. The fourth-order valence-corrected chi connectivity index (χ4v) is 1.95. The first-order valence-corrected chi connectivity index (χ1v) is 7.32. The van der Waals surface area contributed by atoms with Crippen LogP contribution in [0.25, 0.3) is 0 Å². The summed E-state index contributed by atoms with van der Waals surface area (Å²) in [5.41, 5.74) is 0.768. The Morgan fingerprint density at radius 3 is 2.53 bits per heavy atom. The van der Waals surface area contributed by atoms with E-state index in [2.05, 4.69) is 6.92 Å². The molecule has 108 valence electrons. The molecule has 19 heavy (non-hydrogen) atoms. The Kier molecular flexibility index (Phi) is 6.13. The Hall–Kier alpha value is -1.25. The largest absolute Gasteiger partial charge is 0.443 e. The summed E-state index contributed by atoms with van der Waals surface area (Å²) in [6, 6.07) is 2.00. The predicted molar refractivity (Wildman–Crippen MR) is 78.5 cm³/mol. The Balaban J connectivity index is 2.37. The molecular formula is C16H27NO2. The van der Waals surface area contributed by atoms with E-state index in [0.29, 0.717) is 0 Å². The minimum absolute atomic E-state index is 0.301. The van der Waals surface area contributed by atoms with Crippen LogP contribution in [0.1, 0.15) is 65.4 Å². The normalized spacial score (nSPS) is 11.6. The van der Waals surface area contributed by atoms with E-state index in [4.69, 9.17) is 4.74 Å². The Morgan fingerprint density at radius 2 is 1.89 bits per heavy atom. The zero-order chi connectivity index (χ0) is 14.3. The number of rotatable bonds is 6. The van der Waals surface area contributed by atoms with Crippen molar-refractivity contribution in [2.45, 2.75) is 71.8 Å². The standard InChI is InChI=1S/C16H27NO2/c1-5-6-7-8-9-10-14-11-12-17(13-14)15(18)19-16(2,3)4/h11-13H,5-10H2,1-4H3. The van der Waals surface area contributed by atoms with E-state index in [-0.39, 0.29) is 6.09 Å². The summed E-state index contributed by atoms with van der Waals surface area (Å²) in [4.78, 5) is 11.8. The maximum atomic E-state index is 11.8. The highest BCUT2D eigenvalue weighted by atomic mass is 16.6. The Morgan fingerprint density at radius 1 is 1.21 bits per heavy atom. The lowest BCUT2D eigenvalue weighted by atomic mass is 10.1. The van der Waals surface area contributed by atoms with Crippen molar-refractivity contribution in [3.05, 3.63) is 24.0 Å². The zero-order valence-electron chi connectivity index (χ0n) is 12.7. The van der Waals surface area contributed by atoms with Crippen LogP contribution in [0.15, 0.2) is 18.5 Å². The molecule has 0 N–H and O–H groups in total. The smallest absolute Gasteiger partial charge is 0.418 e. The molecule has 1 rings (SSSR count). The second-order valence-corrected chi connectivity index (χ2v) is 6.07. The number of carbonyl (C=O) groups excluding carboxylic acids is 1. The van der Waals surface area contributed by atoms with Gasteiger partial charge in [0.1, 0.15) is 5.60 Å². The summed E-state index contributed by atoms with van der Waals surface area (Å²) in [6.07, 6.45) is 10.8. The van der Waals surface area contributed by atoms with Gasteiger partial charge in [0.05, 0.1) is 0 Å². The first kappa shape index (κ1) is 15.8. The Labute approximate surface area is 117 Å². The topological polar surface area (TPSA) is 31.2 Å². The van der Waals surface area contributed by atoms with Crippen LogP contribution in [-0.4, -0.2) is 16.3 Å². The molecule has 0 saturated carbocycles. The van der Waals surface area contributed by atoms with Crippen molar-refractivity contribution in [3.63, 3.8) is 0 Å². The van der Waals surface area contributed by atoms with E-state index in [9.17, 15) is 4.79 Å². The SMILES string of the molecule is CCCCCCCc1ccn(C(=O)OC(C)(C)C)c1. The van der Waals surface area contributed by atoms with E-state index >= 15 is 0 Å². The van der Waals surface area contributed by atoms with Crippen LogP contribution in [0.4, 0.5) is 4.79 Å². The predicted octanol–water partition coefficient (Wildman–Crippen LogP) is 4.78. The van der Waals surface area contributed by atoms with Gasteiger partial charge < -0.3 is 4.74 Å². The number of hydrogen-bond acceptors (Lipinski definition) is 2. The number of aromatic nitrogens is 1. The molecule has 0 radical (unpaired) electrons. The fraction of sp³-hybridized carbons (Fsp3) is 0.688. The molecule has 1 heterocycles. The van der Waals surface area contributed by atoms with Crippen molar-refractivity contribution >= 4 is 6.09 Å². The fourth-order valence-electron chi connectivity index (χ4n) is 1.95. The summed E-state index contributed by atoms with van der Waals surface area (Å²) in [5, 5.41) is 0. The number of hydrogen-bond donors (Lipinski definition) is 0. The molecule has 0 unspecified atom stereocenters. The van der Waals surface area contributed by atoms with Crippen LogP contribution in [0.2, 0.25) is 0 Å². The molecule has 3 nitrogen and oxygen atoms in total. The minimum atomic E-state index is -0.443. The van der Waals surface area contributed by atoms with Crippen molar-refractivity contribution in [2.24, 2.45) is 0 Å². The molecule has 3 heteroatoms. The van der Waals surface area contributed by atoms with Crippen molar-refractivity contribution in [1.82, 2.24) is 4.57 Å². The van der Waals surface area contributed by atoms with Gasteiger partial charge in [-0.05, 0) is 45.2 Å². The molecule has 0 atom stereocenters. The van der Waals surface area contributed by atoms with Crippen molar-refractivity contribution in [1.29, 1.82) is 0 Å². The third-order valence-corrected chi connectivity index (χ3v) is 2.93. The lowest BCUT2D eigenvalue weighted by Gasteiger charge is -2.19. The molecule has 0 aromatic carbocycles. The molecule has 0 aliphatic rings. The monoisotopic (exact) mass is 265 g/mol. The van der Waals surface area contributed by atoms with Crippen LogP contribution >= 0.6 is 0 Å². The first-order valence-electron chi connectivity index (χ1n) is 7.32. The maximum absolute atomic E-state index is 11.8. The quantitative estimate of drug-likeness (QED) is 0.693. The molecule has 0 spiro atoms. The summed E-state index contributed by atoms with van der Waals surface area (Å²) in [7, 11) is 0. The van der Waals surface area contributed by atoms with Gasteiger partial charge in [0.15, 0.2) is 0 Å². The van der Waals surface area contributed by atoms with Crippen LogP contribution in [-0.2, 0) is 11.2 Å². The van der Waals surface area contributed by atoms with Gasteiger partial charge in [0.2, 0.25) is 0 Å². The third kappa shape index (κ3) is 6.46. The maximum Gasteiger partial charge on any atom is 0.418 e. The third-order valence-electron chi connectivity index (χ3n) is 2.93. The van der Waals surface area contributed by atoms with Gasteiger partial charge in [-0.2, -0.15) is 0 Å². The van der Waals surface area contributed by atoms with Crippen LogP contribution < -0.4 is 0 Å². The van der Waals surface area contributed by atoms with Gasteiger partial charge >= 0.3 is 6.09 Å². The number of unbranched alkanes of at least 4 members (excludes halogenated alkanes) is 4. The molecule has 0 aliphatic carbocycles. The minimum Gasteiger partial charge on any atom is -0.443 e. The lowest BCUT2D eigenvalue weighted by molar-refractivity contribution is 0.0537. The van der Waals surface area contributed by atoms with Crippen LogP contribution in [0, 0.1) is 0 Å². The molecular weight excluding hydrogens is 238 g/mol. The van der Waals surface area contributed by atoms with E-state index < -0.39 is 5.60 Å². The number of ether oxygens (including phenoxy) is 1. The van der Waals surface area contributed by atoms with E-state index in [1.54, 1.807) is 6.20 Å². The van der Waals surface area contributed by atoms with Gasteiger partial charge in [0.25, 0.3) is 0 Å². The second kappa shape index (κ2) is 7.37. The van der Waals surface area contributed by atoms with Gasteiger partial charge in [-0.3, -0.25) is 4.57 Å². The number of aryl methyl sites for hydroxylation is 1. The van der Waals surface area contributed by atoms with Gasteiger partial charge in [-0.25, -0.2) is 4.79 Å². The van der Waals surface area contributed by atoms with Crippen molar-refractivity contribution < 1.29 is 9.53 Å². The van der Waals surface area contributed by atoms with Gasteiger partial charge in [-0.15, -0.1) is 0 Å². The van der Waals surface area contributed by atoms with Crippen LogP contribution in [0.5, 0.6) is 0 Å². The van der Waals surface area contributed by atoms with Gasteiger partial charge in [-0.1, -0.05) is 32.6 Å². The molecule has 0 amide bonds. The lowest BCUT2D eigenvalue weighted by Crippen LogP contribution is -2.26. The number of nitrogens with zero attached hydrogens (tertiary/aromatic N) is 1. The van der Waals surface area contributed by atoms with Crippen molar-refractivity contribution in [3.8, 4) is 0 Å². The van der Waals surface area contributed by atoms with E-state index in [0.717, 1.165) is 6.42 Å². The average molecular weight is 265 g/mol. The summed E-state index contributed by atoms with van der Waals surface area (Å²) >= 11 is 0. The molecule has 1 aromatic rings. The molecule has 0 fully saturated rings. The highest BCUT2D eigenvalue weighted by Gasteiger charge is 2.17. The first-order chi connectivity index (χ1) is 8.92. The average Bonchev–Trinajstić information content (AvgIpc) is 2.75. The molecule has 1 aromatic heterocycles. The number of carbonyl (C=O) groups is 1. The van der Waals surface area contributed by atoms with Crippen LogP contribution in [0.3, 0.4) is 0 Å². The Bertz CT molecular complexity index is 388. The second-order valence-electron chi connectivity index (χ2n) is 6.07. The summed E-state index contributed by atoms with van der Waals surface area (Å²) < 4.78 is 6.85. The zero-order valence-corrected chi connectivity index (χ0v) is 12.7.